The van der Waals surface area contributed by atoms with Gasteiger partial charge in [0.05, 0.1) is 42.8 Å². The fourth-order valence-electron chi connectivity index (χ4n) is 3.35. The zero-order valence-electron chi connectivity index (χ0n) is 18.4. The van der Waals surface area contributed by atoms with Crippen molar-refractivity contribution in [3.05, 3.63) is 78.3 Å². The standard InChI is InChI=1S/C23H27N7O2/c1-28(9-10-32-3)19-13-24-23(25-14-19)18-6-4-5-17(11-18)12-21-22(31)7-8-30(27-21)20-15-26-29(2)16-20/h4-8,11,13-16,27,31H,9-10,12H2,1-3H3. The van der Waals surface area contributed by atoms with Gasteiger partial charge in [-0.3, -0.25) is 15.1 Å². The molecule has 1 aliphatic heterocycles. The van der Waals surface area contributed by atoms with E-state index in [1.807, 2.05) is 62.0 Å². The zero-order chi connectivity index (χ0) is 22.5. The summed E-state index contributed by atoms with van der Waals surface area (Å²) in [7, 11) is 5.54. The van der Waals surface area contributed by atoms with Gasteiger partial charge in [-0.15, -0.1) is 0 Å². The van der Waals surface area contributed by atoms with E-state index < -0.39 is 0 Å². The Morgan fingerprint density at radius 2 is 2.00 bits per heavy atom. The number of aliphatic hydroxyl groups excluding tert-OH is 1. The summed E-state index contributed by atoms with van der Waals surface area (Å²) in [6, 6.07) is 8.02. The summed E-state index contributed by atoms with van der Waals surface area (Å²) in [6.45, 7) is 1.41. The Morgan fingerprint density at radius 3 is 2.72 bits per heavy atom. The minimum atomic E-state index is 0.204. The molecule has 0 bridgehead atoms. The van der Waals surface area contributed by atoms with Crippen molar-refractivity contribution >= 4 is 11.4 Å². The number of rotatable bonds is 8. The molecule has 3 aromatic rings. The Labute approximate surface area is 187 Å². The van der Waals surface area contributed by atoms with Crippen LogP contribution in [0.2, 0.25) is 0 Å². The van der Waals surface area contributed by atoms with Gasteiger partial charge in [-0.2, -0.15) is 5.10 Å². The Bertz CT molecular complexity index is 1120. The Hall–Kier alpha value is -3.85. The first-order valence-corrected chi connectivity index (χ1v) is 10.3. The SMILES string of the molecule is COCCN(C)c1cnc(-c2cccc(CC3=C(O)C=CN(c4cnn(C)c4)N3)c2)nc1. The number of aliphatic hydroxyl groups is 1. The van der Waals surface area contributed by atoms with Crippen molar-refractivity contribution in [2.24, 2.45) is 7.05 Å². The van der Waals surface area contributed by atoms with E-state index in [1.165, 1.54) is 0 Å². The van der Waals surface area contributed by atoms with Gasteiger partial charge in [-0.05, 0) is 11.6 Å². The van der Waals surface area contributed by atoms with Crippen LogP contribution < -0.4 is 15.3 Å². The van der Waals surface area contributed by atoms with Crippen LogP contribution in [0.5, 0.6) is 0 Å². The number of allylic oxidation sites excluding steroid dienone is 2. The van der Waals surface area contributed by atoms with Gasteiger partial charge in [-0.1, -0.05) is 18.2 Å². The van der Waals surface area contributed by atoms with E-state index in [-0.39, 0.29) is 5.76 Å². The van der Waals surface area contributed by atoms with Gasteiger partial charge >= 0.3 is 0 Å². The van der Waals surface area contributed by atoms with Crippen LogP contribution in [0.4, 0.5) is 11.4 Å². The molecule has 1 aromatic carbocycles. The third-order valence-corrected chi connectivity index (χ3v) is 5.19. The van der Waals surface area contributed by atoms with E-state index in [4.69, 9.17) is 4.74 Å². The highest BCUT2D eigenvalue weighted by Gasteiger charge is 2.16. The van der Waals surface area contributed by atoms with Crippen molar-refractivity contribution in [1.82, 2.24) is 25.2 Å². The fraction of sp³-hybridized carbons (Fsp3) is 0.261. The molecule has 2 aromatic heterocycles. The van der Waals surface area contributed by atoms with Crippen LogP contribution >= 0.6 is 0 Å². The Morgan fingerprint density at radius 1 is 1.19 bits per heavy atom. The maximum Gasteiger partial charge on any atom is 0.159 e. The van der Waals surface area contributed by atoms with Crippen LogP contribution in [0.25, 0.3) is 11.4 Å². The third-order valence-electron chi connectivity index (χ3n) is 5.19. The number of aryl methyl sites for hydroxylation is 1. The van der Waals surface area contributed by atoms with E-state index in [0.717, 1.165) is 29.0 Å². The number of anilines is 2. The third kappa shape index (κ3) is 4.89. The topological polar surface area (TPSA) is 91.6 Å². The summed E-state index contributed by atoms with van der Waals surface area (Å²) in [6.07, 6.45) is 11.3. The minimum Gasteiger partial charge on any atom is -0.506 e. The number of likely N-dealkylation sites (N-methyl/N-ethyl adjacent to an activating group) is 1. The molecule has 0 unspecified atom stereocenters. The average Bonchev–Trinajstić information content (AvgIpc) is 3.25. The van der Waals surface area contributed by atoms with Crippen LogP contribution in [-0.2, 0) is 18.2 Å². The number of ether oxygens (including phenoxy) is 1. The number of benzene rings is 1. The lowest BCUT2D eigenvalue weighted by Gasteiger charge is -2.26. The molecule has 0 radical (unpaired) electrons. The second-order valence-corrected chi connectivity index (χ2v) is 7.59. The number of hydrogen-bond donors (Lipinski definition) is 2. The van der Waals surface area contributed by atoms with Crippen LogP contribution in [0.1, 0.15) is 5.56 Å². The monoisotopic (exact) mass is 433 g/mol. The quantitative estimate of drug-likeness (QED) is 0.560. The molecule has 9 heteroatoms. The van der Waals surface area contributed by atoms with Crippen LogP contribution in [-0.4, -0.2) is 52.2 Å². The van der Waals surface area contributed by atoms with Crippen LogP contribution in [0, 0.1) is 0 Å². The van der Waals surface area contributed by atoms with E-state index in [1.54, 1.807) is 30.3 Å². The molecule has 0 saturated carbocycles. The predicted octanol–water partition coefficient (Wildman–Crippen LogP) is 2.81. The summed E-state index contributed by atoms with van der Waals surface area (Å²) >= 11 is 0. The van der Waals surface area contributed by atoms with E-state index in [9.17, 15) is 5.11 Å². The van der Waals surface area contributed by atoms with E-state index in [0.29, 0.717) is 24.5 Å². The minimum absolute atomic E-state index is 0.204. The molecule has 1 aliphatic rings. The largest absolute Gasteiger partial charge is 0.506 e. The maximum atomic E-state index is 10.4. The van der Waals surface area contributed by atoms with Crippen molar-refractivity contribution in [3.8, 4) is 11.4 Å². The first-order chi connectivity index (χ1) is 15.5. The normalized spacial score (nSPS) is 13.4. The Balaban J connectivity index is 1.48. The molecule has 0 fully saturated rings. The van der Waals surface area contributed by atoms with Gasteiger partial charge in [-0.25, -0.2) is 9.97 Å². The van der Waals surface area contributed by atoms with Gasteiger partial charge in [0.15, 0.2) is 5.82 Å². The van der Waals surface area contributed by atoms with Gasteiger partial charge in [0, 0.05) is 52.0 Å². The lowest BCUT2D eigenvalue weighted by molar-refractivity contribution is 0.206. The smallest absolute Gasteiger partial charge is 0.159 e. The maximum absolute atomic E-state index is 10.4. The first kappa shape index (κ1) is 21.4. The second-order valence-electron chi connectivity index (χ2n) is 7.59. The Kier molecular flexibility index (Phi) is 6.37. The molecule has 4 rings (SSSR count). The number of aromatic nitrogens is 4. The summed E-state index contributed by atoms with van der Waals surface area (Å²) < 4.78 is 6.85. The number of nitrogens with one attached hydrogen (secondary N) is 1. The summed E-state index contributed by atoms with van der Waals surface area (Å²) in [5, 5.41) is 16.4. The first-order valence-electron chi connectivity index (χ1n) is 10.3. The van der Waals surface area contributed by atoms with E-state index in [2.05, 4.69) is 25.4 Å². The molecule has 9 nitrogen and oxygen atoms in total. The highest BCUT2D eigenvalue weighted by Crippen LogP contribution is 2.22. The lowest BCUT2D eigenvalue weighted by atomic mass is 10.0. The fourth-order valence-corrected chi connectivity index (χ4v) is 3.35. The van der Waals surface area contributed by atoms with Crippen molar-refractivity contribution in [1.29, 1.82) is 0 Å². The molecule has 0 amide bonds. The zero-order valence-corrected chi connectivity index (χ0v) is 18.4. The van der Waals surface area contributed by atoms with Gasteiger partial charge in [0.25, 0.3) is 0 Å². The molecule has 0 saturated heterocycles. The van der Waals surface area contributed by atoms with Gasteiger partial charge in [0.1, 0.15) is 11.4 Å². The molecule has 166 valence electrons. The van der Waals surface area contributed by atoms with Crippen molar-refractivity contribution in [2.45, 2.75) is 6.42 Å². The van der Waals surface area contributed by atoms with Crippen LogP contribution in [0.15, 0.2) is 72.8 Å². The van der Waals surface area contributed by atoms with Crippen molar-refractivity contribution in [3.63, 3.8) is 0 Å². The lowest BCUT2D eigenvalue weighted by Crippen LogP contribution is -2.36. The van der Waals surface area contributed by atoms with E-state index >= 15 is 0 Å². The highest BCUT2D eigenvalue weighted by atomic mass is 16.5. The number of hydrogen-bond acceptors (Lipinski definition) is 8. The van der Waals surface area contributed by atoms with Crippen molar-refractivity contribution in [2.75, 3.05) is 37.2 Å². The summed E-state index contributed by atoms with van der Waals surface area (Å²) in [5.74, 6) is 0.859. The van der Waals surface area contributed by atoms with Crippen LogP contribution in [0.3, 0.4) is 0 Å². The molecule has 0 aliphatic carbocycles. The molecule has 2 N–H and O–H groups in total. The average molecular weight is 434 g/mol. The molecule has 0 atom stereocenters. The molecular weight excluding hydrogens is 406 g/mol. The number of nitrogens with zero attached hydrogens (tertiary/aromatic N) is 6. The molecule has 3 heterocycles. The molecular formula is C23H27N7O2. The van der Waals surface area contributed by atoms with Gasteiger partial charge < -0.3 is 14.7 Å². The highest BCUT2D eigenvalue weighted by molar-refractivity contribution is 5.58. The number of hydrazine groups is 1. The van der Waals surface area contributed by atoms with Crippen molar-refractivity contribution < 1.29 is 9.84 Å². The summed E-state index contributed by atoms with van der Waals surface area (Å²) in [4.78, 5) is 11.1. The second kappa shape index (κ2) is 9.52. The molecule has 32 heavy (non-hydrogen) atoms. The summed E-state index contributed by atoms with van der Waals surface area (Å²) in [5.41, 5.74) is 7.72. The predicted molar refractivity (Wildman–Crippen MR) is 124 cm³/mol. The molecule has 0 spiro atoms. The van der Waals surface area contributed by atoms with Gasteiger partial charge in [0.2, 0.25) is 0 Å². The number of methoxy groups -OCH3 is 1.